The first kappa shape index (κ1) is 11.2. The molecule has 1 aromatic rings. The highest BCUT2D eigenvalue weighted by molar-refractivity contribution is 5.29. The van der Waals surface area contributed by atoms with Crippen LogP contribution in [0.25, 0.3) is 0 Å². The second kappa shape index (κ2) is 5.13. The van der Waals surface area contributed by atoms with E-state index in [4.69, 9.17) is 10.5 Å². The van der Waals surface area contributed by atoms with Gasteiger partial charge in [-0.05, 0) is 31.9 Å². The van der Waals surface area contributed by atoms with E-state index >= 15 is 0 Å². The van der Waals surface area contributed by atoms with Gasteiger partial charge >= 0.3 is 0 Å². The minimum atomic E-state index is -0.0313. The molecule has 2 nitrogen and oxygen atoms in total. The van der Waals surface area contributed by atoms with Crippen LogP contribution in [0.2, 0.25) is 0 Å². The summed E-state index contributed by atoms with van der Waals surface area (Å²) in [5, 5.41) is 0. The maximum Gasteiger partial charge on any atom is 0.0739 e. The lowest BCUT2D eigenvalue weighted by molar-refractivity contribution is 0.0573. The van der Waals surface area contributed by atoms with Gasteiger partial charge in [-0.1, -0.05) is 24.3 Å². The second-order valence-corrected chi connectivity index (χ2v) is 3.54. The van der Waals surface area contributed by atoms with Crippen LogP contribution in [0, 0.1) is 6.92 Å². The molecule has 2 unspecified atom stereocenters. The zero-order valence-electron chi connectivity index (χ0n) is 9.16. The number of hydrogen-bond acceptors (Lipinski definition) is 2. The number of hydrogen-bond donors (Lipinski definition) is 1. The van der Waals surface area contributed by atoms with Gasteiger partial charge in [-0.25, -0.2) is 0 Å². The van der Waals surface area contributed by atoms with Gasteiger partial charge in [0.15, 0.2) is 0 Å². The lowest BCUT2D eigenvalue weighted by atomic mass is 9.98. The van der Waals surface area contributed by atoms with Crippen molar-refractivity contribution in [2.75, 3.05) is 6.61 Å². The molecule has 0 saturated heterocycles. The quantitative estimate of drug-likeness (QED) is 0.797. The Morgan fingerprint density at radius 2 is 2.00 bits per heavy atom. The van der Waals surface area contributed by atoms with Crippen molar-refractivity contribution in [1.29, 1.82) is 0 Å². The van der Waals surface area contributed by atoms with Gasteiger partial charge in [0.1, 0.15) is 0 Å². The van der Waals surface area contributed by atoms with Gasteiger partial charge in [-0.3, -0.25) is 0 Å². The Hall–Kier alpha value is -0.860. The van der Waals surface area contributed by atoms with Crippen LogP contribution in [0.3, 0.4) is 0 Å². The SMILES string of the molecule is CCOC(C)C(N)c1ccccc1C. The maximum absolute atomic E-state index is 6.10. The van der Waals surface area contributed by atoms with E-state index in [9.17, 15) is 0 Å². The number of aryl methyl sites for hydroxylation is 1. The van der Waals surface area contributed by atoms with Crippen LogP contribution in [-0.2, 0) is 4.74 Å². The molecule has 0 saturated carbocycles. The predicted molar refractivity (Wildman–Crippen MR) is 59.2 cm³/mol. The van der Waals surface area contributed by atoms with E-state index in [2.05, 4.69) is 19.1 Å². The lowest BCUT2D eigenvalue weighted by Crippen LogP contribution is -2.26. The van der Waals surface area contributed by atoms with Crippen LogP contribution in [0.4, 0.5) is 0 Å². The van der Waals surface area contributed by atoms with E-state index in [0.29, 0.717) is 6.61 Å². The molecule has 0 amide bonds. The Labute approximate surface area is 86.1 Å². The van der Waals surface area contributed by atoms with Crippen molar-refractivity contribution in [1.82, 2.24) is 0 Å². The molecule has 2 N–H and O–H groups in total. The number of rotatable bonds is 4. The number of nitrogens with two attached hydrogens (primary N) is 1. The van der Waals surface area contributed by atoms with E-state index in [-0.39, 0.29) is 12.1 Å². The average molecular weight is 193 g/mol. The largest absolute Gasteiger partial charge is 0.377 e. The predicted octanol–water partition coefficient (Wildman–Crippen LogP) is 2.42. The molecule has 0 aliphatic rings. The van der Waals surface area contributed by atoms with Crippen molar-refractivity contribution >= 4 is 0 Å². The zero-order valence-corrected chi connectivity index (χ0v) is 9.16. The van der Waals surface area contributed by atoms with Crippen LogP contribution in [0.15, 0.2) is 24.3 Å². The first-order chi connectivity index (χ1) is 6.66. The molecule has 0 bridgehead atoms. The molecule has 2 heteroatoms. The highest BCUT2D eigenvalue weighted by Crippen LogP contribution is 2.19. The van der Waals surface area contributed by atoms with Crippen molar-refractivity contribution in [3.05, 3.63) is 35.4 Å². The molecule has 0 radical (unpaired) electrons. The molecular formula is C12H19NO. The highest BCUT2D eigenvalue weighted by Gasteiger charge is 2.15. The normalized spacial score (nSPS) is 15.1. The Balaban J connectivity index is 2.78. The lowest BCUT2D eigenvalue weighted by Gasteiger charge is -2.21. The van der Waals surface area contributed by atoms with E-state index in [1.807, 2.05) is 26.0 Å². The fraction of sp³-hybridized carbons (Fsp3) is 0.500. The van der Waals surface area contributed by atoms with Gasteiger partial charge in [0, 0.05) is 6.61 Å². The van der Waals surface area contributed by atoms with Crippen molar-refractivity contribution in [3.8, 4) is 0 Å². The minimum absolute atomic E-state index is 0.0313. The van der Waals surface area contributed by atoms with E-state index in [1.54, 1.807) is 0 Å². The third-order valence-corrected chi connectivity index (χ3v) is 2.48. The second-order valence-electron chi connectivity index (χ2n) is 3.54. The van der Waals surface area contributed by atoms with E-state index < -0.39 is 0 Å². The van der Waals surface area contributed by atoms with Crippen molar-refractivity contribution in [2.45, 2.75) is 32.9 Å². The van der Waals surface area contributed by atoms with Crippen molar-refractivity contribution < 1.29 is 4.74 Å². The van der Waals surface area contributed by atoms with Gasteiger partial charge in [0.25, 0.3) is 0 Å². The van der Waals surface area contributed by atoms with Crippen LogP contribution in [0.1, 0.15) is 31.0 Å². The van der Waals surface area contributed by atoms with Crippen LogP contribution in [-0.4, -0.2) is 12.7 Å². The molecule has 14 heavy (non-hydrogen) atoms. The van der Waals surface area contributed by atoms with Crippen LogP contribution >= 0.6 is 0 Å². The number of ether oxygens (including phenoxy) is 1. The molecule has 1 rings (SSSR count). The first-order valence-corrected chi connectivity index (χ1v) is 5.09. The first-order valence-electron chi connectivity index (χ1n) is 5.09. The van der Waals surface area contributed by atoms with E-state index in [1.165, 1.54) is 11.1 Å². The Bertz CT molecular complexity index is 285. The third-order valence-electron chi connectivity index (χ3n) is 2.48. The van der Waals surface area contributed by atoms with Crippen LogP contribution < -0.4 is 5.73 Å². The van der Waals surface area contributed by atoms with Crippen molar-refractivity contribution in [2.24, 2.45) is 5.73 Å². The van der Waals surface area contributed by atoms with Gasteiger partial charge < -0.3 is 10.5 Å². The molecule has 2 atom stereocenters. The summed E-state index contributed by atoms with van der Waals surface area (Å²) in [5.74, 6) is 0. The summed E-state index contributed by atoms with van der Waals surface area (Å²) in [5.41, 5.74) is 8.50. The summed E-state index contributed by atoms with van der Waals surface area (Å²) in [6, 6.07) is 8.15. The fourth-order valence-electron chi connectivity index (χ4n) is 1.58. The van der Waals surface area contributed by atoms with Gasteiger partial charge in [-0.2, -0.15) is 0 Å². The smallest absolute Gasteiger partial charge is 0.0739 e. The summed E-state index contributed by atoms with van der Waals surface area (Å²) in [6.45, 7) is 6.79. The fourth-order valence-corrected chi connectivity index (χ4v) is 1.58. The van der Waals surface area contributed by atoms with Gasteiger partial charge in [-0.15, -0.1) is 0 Å². The van der Waals surface area contributed by atoms with E-state index in [0.717, 1.165) is 0 Å². The molecule has 0 aromatic heterocycles. The highest BCUT2D eigenvalue weighted by atomic mass is 16.5. The Morgan fingerprint density at radius 3 is 2.57 bits per heavy atom. The molecule has 78 valence electrons. The molecule has 1 aromatic carbocycles. The molecule has 0 heterocycles. The maximum atomic E-state index is 6.10. The summed E-state index contributed by atoms with van der Waals surface area (Å²) in [4.78, 5) is 0. The van der Waals surface area contributed by atoms with Gasteiger partial charge in [0.2, 0.25) is 0 Å². The summed E-state index contributed by atoms with van der Waals surface area (Å²) < 4.78 is 5.49. The summed E-state index contributed by atoms with van der Waals surface area (Å²) in [6.07, 6.45) is 0.0705. The van der Waals surface area contributed by atoms with Gasteiger partial charge in [0.05, 0.1) is 12.1 Å². The molecule has 0 aliphatic heterocycles. The third kappa shape index (κ3) is 2.56. The average Bonchev–Trinajstić information content (AvgIpc) is 2.18. The molecular weight excluding hydrogens is 174 g/mol. The Morgan fingerprint density at radius 1 is 1.36 bits per heavy atom. The monoisotopic (exact) mass is 193 g/mol. The summed E-state index contributed by atoms with van der Waals surface area (Å²) in [7, 11) is 0. The van der Waals surface area contributed by atoms with Crippen LogP contribution in [0.5, 0.6) is 0 Å². The summed E-state index contributed by atoms with van der Waals surface area (Å²) >= 11 is 0. The Kier molecular flexibility index (Phi) is 4.11. The topological polar surface area (TPSA) is 35.2 Å². The molecule has 0 aliphatic carbocycles. The number of benzene rings is 1. The zero-order chi connectivity index (χ0) is 10.6. The molecule has 0 spiro atoms. The molecule has 0 fully saturated rings. The van der Waals surface area contributed by atoms with Crippen molar-refractivity contribution in [3.63, 3.8) is 0 Å². The minimum Gasteiger partial charge on any atom is -0.377 e. The standard InChI is InChI=1S/C12H19NO/c1-4-14-10(3)12(13)11-8-6-5-7-9(11)2/h5-8,10,12H,4,13H2,1-3H3.